The fourth-order valence-electron chi connectivity index (χ4n) is 2.91. The molecule has 0 saturated heterocycles. The van der Waals surface area contributed by atoms with Crippen LogP contribution in [0.15, 0.2) is 54.8 Å². The van der Waals surface area contributed by atoms with E-state index in [1.54, 1.807) is 0 Å². The second-order valence-corrected chi connectivity index (χ2v) is 5.97. The van der Waals surface area contributed by atoms with Crippen LogP contribution in [0.4, 0.5) is 0 Å². The maximum atomic E-state index is 12.2. The summed E-state index contributed by atoms with van der Waals surface area (Å²) in [6.45, 7) is 0. The van der Waals surface area contributed by atoms with Gasteiger partial charge in [-0.2, -0.15) is 0 Å². The number of hydrogen-bond acceptors (Lipinski definition) is 8. The number of phenols is 2. The highest BCUT2D eigenvalue weighted by molar-refractivity contribution is 5.87. The maximum absolute atomic E-state index is 12.2. The molecule has 2 aromatic heterocycles. The summed E-state index contributed by atoms with van der Waals surface area (Å²) in [6.07, 6.45) is -0.473. The minimum atomic E-state index is -0.902. The van der Waals surface area contributed by atoms with Crippen LogP contribution in [0.1, 0.15) is 11.1 Å². The Balaban J connectivity index is 1.95. The molecule has 4 rings (SSSR count). The Morgan fingerprint density at radius 2 is 1.07 bits per heavy atom. The molecule has 4 aromatic rings. The summed E-state index contributed by atoms with van der Waals surface area (Å²) in [6, 6.07) is 7.64. The Morgan fingerprint density at radius 1 is 0.667 bits per heavy atom. The molecular formula is C19H12O8. The smallest absolute Gasteiger partial charge is 0.343 e. The summed E-state index contributed by atoms with van der Waals surface area (Å²) in [4.78, 5) is 24.5. The van der Waals surface area contributed by atoms with E-state index in [9.17, 15) is 30.0 Å². The molecule has 0 saturated carbocycles. The van der Waals surface area contributed by atoms with E-state index in [-0.39, 0.29) is 44.6 Å². The summed E-state index contributed by atoms with van der Waals surface area (Å²) in [5, 5.41) is 40.2. The summed E-state index contributed by atoms with van der Waals surface area (Å²) < 4.78 is 10.2. The number of phenolic OH excluding ortho intramolecular Hbond substituents is 2. The van der Waals surface area contributed by atoms with E-state index in [2.05, 4.69) is 0 Å². The van der Waals surface area contributed by atoms with E-state index < -0.39 is 29.2 Å². The second-order valence-electron chi connectivity index (χ2n) is 5.97. The molecule has 2 aromatic carbocycles. The lowest BCUT2D eigenvalue weighted by Gasteiger charge is -2.09. The monoisotopic (exact) mass is 368 g/mol. The molecule has 0 aliphatic heterocycles. The zero-order valence-corrected chi connectivity index (χ0v) is 13.6. The van der Waals surface area contributed by atoms with Crippen LogP contribution >= 0.6 is 0 Å². The predicted octanol–water partition coefficient (Wildman–Crippen LogP) is 2.31. The van der Waals surface area contributed by atoms with E-state index in [4.69, 9.17) is 8.83 Å². The third kappa shape index (κ3) is 2.63. The Labute approximate surface area is 149 Å². The molecule has 0 radical (unpaired) electrons. The molecule has 0 aliphatic rings. The Morgan fingerprint density at radius 3 is 1.48 bits per heavy atom. The van der Waals surface area contributed by atoms with Crippen molar-refractivity contribution in [2.45, 2.75) is 6.42 Å². The van der Waals surface area contributed by atoms with Gasteiger partial charge in [-0.3, -0.25) is 0 Å². The third-order valence-electron chi connectivity index (χ3n) is 4.26. The van der Waals surface area contributed by atoms with E-state index in [0.717, 1.165) is 0 Å². The first-order valence-corrected chi connectivity index (χ1v) is 7.80. The molecular weight excluding hydrogens is 356 g/mol. The largest absolute Gasteiger partial charge is 0.508 e. The van der Waals surface area contributed by atoms with Crippen LogP contribution in [0, 0.1) is 0 Å². The van der Waals surface area contributed by atoms with Crippen LogP contribution in [0.25, 0.3) is 21.9 Å². The molecule has 0 amide bonds. The van der Waals surface area contributed by atoms with Gasteiger partial charge in [-0.15, -0.1) is 0 Å². The van der Waals surface area contributed by atoms with Gasteiger partial charge in [0.05, 0.1) is 21.9 Å². The van der Waals surface area contributed by atoms with Crippen LogP contribution in [-0.2, 0) is 6.42 Å². The number of fused-ring (bicyclic) bond motifs is 2. The first-order valence-electron chi connectivity index (χ1n) is 7.80. The van der Waals surface area contributed by atoms with Gasteiger partial charge >= 0.3 is 11.3 Å². The van der Waals surface area contributed by atoms with E-state index in [1.165, 1.54) is 36.4 Å². The van der Waals surface area contributed by atoms with Crippen molar-refractivity contribution in [3.8, 4) is 23.0 Å². The first kappa shape index (κ1) is 16.5. The van der Waals surface area contributed by atoms with Crippen LogP contribution in [0.5, 0.6) is 23.0 Å². The van der Waals surface area contributed by atoms with E-state index in [0.29, 0.717) is 0 Å². The standard InChI is InChI=1S/C19H12O8/c20-8-1-3-14-10(5-8)16(22)12(18(24)26-14)7-13-17(23)11-6-9(21)2-4-15(11)27-19(13)25/h1-6,20-23H,7H2. The van der Waals surface area contributed by atoms with Crippen LogP contribution in [-0.4, -0.2) is 20.4 Å². The number of aromatic hydroxyl groups is 4. The summed E-state index contributed by atoms with van der Waals surface area (Å²) in [7, 11) is 0. The van der Waals surface area contributed by atoms with Crippen molar-refractivity contribution in [3.05, 3.63) is 68.4 Å². The number of benzene rings is 2. The first-order chi connectivity index (χ1) is 12.8. The molecule has 136 valence electrons. The molecule has 0 unspecified atom stereocenters. The molecule has 0 spiro atoms. The van der Waals surface area contributed by atoms with Crippen LogP contribution in [0.3, 0.4) is 0 Å². The van der Waals surface area contributed by atoms with Gasteiger partial charge in [0.25, 0.3) is 0 Å². The molecule has 0 atom stereocenters. The van der Waals surface area contributed by atoms with E-state index in [1.807, 2.05) is 0 Å². The number of hydrogen-bond donors (Lipinski definition) is 4. The minimum Gasteiger partial charge on any atom is -0.508 e. The Kier molecular flexibility index (Phi) is 3.55. The zero-order valence-electron chi connectivity index (χ0n) is 13.6. The molecule has 0 bridgehead atoms. The highest BCUT2D eigenvalue weighted by atomic mass is 16.4. The Bertz CT molecular complexity index is 1230. The van der Waals surface area contributed by atoms with Crippen molar-refractivity contribution in [2.75, 3.05) is 0 Å². The predicted molar refractivity (Wildman–Crippen MR) is 94.4 cm³/mol. The second kappa shape index (κ2) is 5.80. The quantitative estimate of drug-likeness (QED) is 0.395. The molecule has 8 heteroatoms. The van der Waals surface area contributed by atoms with Crippen molar-refractivity contribution in [3.63, 3.8) is 0 Å². The van der Waals surface area contributed by atoms with Gasteiger partial charge in [0.2, 0.25) is 0 Å². The molecule has 0 fully saturated rings. The van der Waals surface area contributed by atoms with Gasteiger partial charge in [-0.05, 0) is 36.4 Å². The van der Waals surface area contributed by atoms with Gasteiger partial charge in [0.15, 0.2) is 0 Å². The summed E-state index contributed by atoms with van der Waals surface area (Å²) >= 11 is 0. The van der Waals surface area contributed by atoms with Gasteiger partial charge in [0, 0.05) is 6.42 Å². The molecule has 2 heterocycles. The molecule has 0 aliphatic carbocycles. The highest BCUT2D eigenvalue weighted by Gasteiger charge is 2.21. The van der Waals surface area contributed by atoms with Crippen LogP contribution in [0.2, 0.25) is 0 Å². The van der Waals surface area contributed by atoms with Gasteiger partial charge in [0.1, 0.15) is 34.2 Å². The summed E-state index contributed by atoms with van der Waals surface area (Å²) in [5.41, 5.74) is -2.26. The molecule has 8 nitrogen and oxygen atoms in total. The maximum Gasteiger partial charge on any atom is 0.343 e. The average Bonchev–Trinajstić information content (AvgIpc) is 2.62. The van der Waals surface area contributed by atoms with Crippen molar-refractivity contribution in [2.24, 2.45) is 0 Å². The van der Waals surface area contributed by atoms with Crippen molar-refractivity contribution < 1.29 is 29.3 Å². The lowest BCUT2D eigenvalue weighted by atomic mass is 10.0. The lowest BCUT2D eigenvalue weighted by molar-refractivity contribution is 0.445. The molecule has 4 N–H and O–H groups in total. The summed E-state index contributed by atoms with van der Waals surface area (Å²) in [5.74, 6) is -1.26. The Hall–Kier alpha value is -3.94. The zero-order chi connectivity index (χ0) is 19.3. The van der Waals surface area contributed by atoms with Gasteiger partial charge in [-0.1, -0.05) is 0 Å². The molecule has 27 heavy (non-hydrogen) atoms. The van der Waals surface area contributed by atoms with E-state index >= 15 is 0 Å². The lowest BCUT2D eigenvalue weighted by Crippen LogP contribution is -2.14. The van der Waals surface area contributed by atoms with Crippen molar-refractivity contribution in [1.82, 2.24) is 0 Å². The number of rotatable bonds is 2. The van der Waals surface area contributed by atoms with Crippen LogP contribution < -0.4 is 11.3 Å². The van der Waals surface area contributed by atoms with Gasteiger partial charge < -0.3 is 29.3 Å². The van der Waals surface area contributed by atoms with Crippen molar-refractivity contribution >= 4 is 21.9 Å². The topological polar surface area (TPSA) is 141 Å². The minimum absolute atomic E-state index is 0.0544. The normalized spacial score (nSPS) is 11.3. The SMILES string of the molecule is O=c1oc2ccc(O)cc2c(O)c1Cc1c(O)c2cc(O)ccc2oc1=O. The average molecular weight is 368 g/mol. The fraction of sp³-hybridized carbons (Fsp3) is 0.0526. The fourth-order valence-corrected chi connectivity index (χ4v) is 2.91. The van der Waals surface area contributed by atoms with Crippen molar-refractivity contribution in [1.29, 1.82) is 0 Å². The highest BCUT2D eigenvalue weighted by Crippen LogP contribution is 2.33. The third-order valence-corrected chi connectivity index (χ3v) is 4.26. The van der Waals surface area contributed by atoms with Gasteiger partial charge in [-0.25, -0.2) is 9.59 Å².